The predicted molar refractivity (Wildman–Crippen MR) is 109 cm³/mol. The number of halogens is 1. The van der Waals surface area contributed by atoms with Gasteiger partial charge in [-0.1, -0.05) is 60.7 Å². The molecule has 0 fully saturated rings. The summed E-state index contributed by atoms with van der Waals surface area (Å²) in [5.41, 5.74) is 3.93. The fraction of sp³-hybridized carbons (Fsp3) is 0.174. The lowest BCUT2D eigenvalue weighted by Crippen LogP contribution is -2.38. The van der Waals surface area contributed by atoms with E-state index < -0.39 is 4.75 Å². The molecular weight excluding hydrogens is 357 g/mol. The molecule has 0 saturated carbocycles. The summed E-state index contributed by atoms with van der Waals surface area (Å²) in [6.07, 6.45) is 0.461. The molecule has 1 aliphatic heterocycles. The second-order valence-corrected chi connectivity index (χ2v) is 8.06. The first-order valence-electron chi connectivity index (χ1n) is 8.90. The Morgan fingerprint density at radius 3 is 2.41 bits per heavy atom. The maximum atomic E-state index is 13.8. The Balaban J connectivity index is 1.77. The minimum Gasteiger partial charge on any atom is -0.314 e. The number of para-hydroxylation sites is 1. The van der Waals surface area contributed by atoms with Crippen LogP contribution in [-0.2, 0) is 21.7 Å². The Kier molecular flexibility index (Phi) is 4.75. The van der Waals surface area contributed by atoms with Gasteiger partial charge in [-0.05, 0) is 29.3 Å². The van der Waals surface area contributed by atoms with Gasteiger partial charge in [-0.15, -0.1) is 11.8 Å². The number of likely N-dealkylation sites (N-methyl/N-ethyl adjacent to an activating group) is 1. The number of anilines is 1. The summed E-state index contributed by atoms with van der Waals surface area (Å²) in [6.45, 7) is 0. The Hall–Kier alpha value is -2.59. The molecule has 136 valence electrons. The number of amides is 1. The van der Waals surface area contributed by atoms with E-state index >= 15 is 0 Å². The van der Waals surface area contributed by atoms with E-state index in [1.807, 2.05) is 55.6 Å². The maximum Gasteiger partial charge on any atom is 0.247 e. The van der Waals surface area contributed by atoms with Crippen molar-refractivity contribution in [1.29, 1.82) is 0 Å². The number of fused-ring (bicyclic) bond motifs is 1. The normalized spacial score (nSPS) is 18.6. The van der Waals surface area contributed by atoms with Crippen molar-refractivity contribution in [3.63, 3.8) is 0 Å². The summed E-state index contributed by atoms with van der Waals surface area (Å²) in [4.78, 5) is 15.1. The number of nitrogens with zero attached hydrogens (tertiary/aromatic N) is 1. The minimum atomic E-state index is -0.755. The van der Waals surface area contributed by atoms with Gasteiger partial charge in [0.2, 0.25) is 5.91 Å². The molecule has 0 aromatic heterocycles. The number of carbonyl (C=O) groups is 1. The highest BCUT2D eigenvalue weighted by Gasteiger charge is 2.50. The molecule has 0 saturated heterocycles. The van der Waals surface area contributed by atoms with Crippen LogP contribution in [0.5, 0.6) is 0 Å². The Bertz CT molecular complexity index is 975. The third-order valence-electron chi connectivity index (χ3n) is 5.02. The molecule has 0 bridgehead atoms. The molecule has 3 aromatic carbocycles. The lowest BCUT2D eigenvalue weighted by molar-refractivity contribution is -0.120. The van der Waals surface area contributed by atoms with Gasteiger partial charge in [0.15, 0.2) is 0 Å². The third-order valence-corrected chi connectivity index (χ3v) is 6.53. The van der Waals surface area contributed by atoms with Gasteiger partial charge in [0.05, 0.1) is 0 Å². The first-order valence-corrected chi connectivity index (χ1v) is 9.89. The summed E-state index contributed by atoms with van der Waals surface area (Å²) < 4.78 is 13.0. The van der Waals surface area contributed by atoms with Crippen molar-refractivity contribution in [2.75, 3.05) is 11.9 Å². The van der Waals surface area contributed by atoms with Crippen LogP contribution in [0.25, 0.3) is 0 Å². The van der Waals surface area contributed by atoms with Crippen LogP contribution in [0.3, 0.4) is 0 Å². The molecule has 0 aliphatic carbocycles. The lowest BCUT2D eigenvalue weighted by atomic mass is 9.92. The van der Waals surface area contributed by atoms with Gasteiger partial charge in [0, 0.05) is 30.5 Å². The Morgan fingerprint density at radius 1 is 0.926 bits per heavy atom. The highest BCUT2D eigenvalue weighted by molar-refractivity contribution is 8.00. The van der Waals surface area contributed by atoms with Crippen molar-refractivity contribution in [3.05, 3.63) is 101 Å². The van der Waals surface area contributed by atoms with Crippen LogP contribution in [0.1, 0.15) is 16.7 Å². The molecule has 1 aliphatic rings. The quantitative estimate of drug-likeness (QED) is 0.611. The lowest BCUT2D eigenvalue weighted by Gasteiger charge is -2.28. The summed E-state index contributed by atoms with van der Waals surface area (Å²) in [5.74, 6) is 0.487. The first kappa shape index (κ1) is 17.8. The van der Waals surface area contributed by atoms with E-state index in [0.29, 0.717) is 12.2 Å². The smallest absolute Gasteiger partial charge is 0.247 e. The van der Waals surface area contributed by atoms with Crippen LogP contribution in [-0.4, -0.2) is 13.0 Å². The standard InChI is InChI=1S/C23H20FNOS/c1-25-21-13-6-5-12-20(21)23(22(25)26,15-18-10-7-11-19(24)14-18)27-16-17-8-3-2-4-9-17/h2-14H,15-16H2,1H3/t23-/m0/s1. The highest BCUT2D eigenvalue weighted by atomic mass is 32.2. The monoisotopic (exact) mass is 377 g/mol. The number of benzene rings is 3. The predicted octanol–water partition coefficient (Wildman–Crippen LogP) is 5.17. The van der Waals surface area contributed by atoms with Crippen molar-refractivity contribution in [1.82, 2.24) is 0 Å². The number of carbonyl (C=O) groups excluding carboxylic acids is 1. The molecular formula is C23H20FNOS. The zero-order valence-electron chi connectivity index (χ0n) is 15.1. The van der Waals surface area contributed by atoms with E-state index in [-0.39, 0.29) is 11.7 Å². The number of thioether (sulfide) groups is 1. The van der Waals surface area contributed by atoms with E-state index in [2.05, 4.69) is 12.1 Å². The van der Waals surface area contributed by atoms with E-state index in [9.17, 15) is 9.18 Å². The average Bonchev–Trinajstić information content (AvgIpc) is 2.90. The zero-order valence-corrected chi connectivity index (χ0v) is 15.9. The van der Waals surface area contributed by atoms with Crippen LogP contribution < -0.4 is 4.90 Å². The molecule has 1 heterocycles. The largest absolute Gasteiger partial charge is 0.314 e. The molecule has 4 heteroatoms. The molecule has 0 unspecified atom stereocenters. The first-order chi connectivity index (χ1) is 13.1. The van der Waals surface area contributed by atoms with Crippen molar-refractivity contribution in [3.8, 4) is 0 Å². The summed E-state index contributed by atoms with van der Waals surface area (Å²) >= 11 is 1.63. The fourth-order valence-electron chi connectivity index (χ4n) is 3.68. The second kappa shape index (κ2) is 7.20. The minimum absolute atomic E-state index is 0.0499. The molecule has 0 spiro atoms. The van der Waals surface area contributed by atoms with E-state index in [1.165, 1.54) is 17.7 Å². The van der Waals surface area contributed by atoms with Gasteiger partial charge < -0.3 is 4.90 Å². The molecule has 0 radical (unpaired) electrons. The van der Waals surface area contributed by atoms with Crippen LogP contribution in [0, 0.1) is 5.82 Å². The zero-order chi connectivity index (χ0) is 18.9. The molecule has 27 heavy (non-hydrogen) atoms. The highest BCUT2D eigenvalue weighted by Crippen LogP contribution is 2.51. The molecule has 1 atom stereocenters. The summed E-state index contributed by atoms with van der Waals surface area (Å²) in [5, 5.41) is 0. The third kappa shape index (κ3) is 3.26. The molecule has 4 rings (SSSR count). The van der Waals surface area contributed by atoms with E-state index in [4.69, 9.17) is 0 Å². The van der Waals surface area contributed by atoms with Crippen LogP contribution >= 0.6 is 11.8 Å². The van der Waals surface area contributed by atoms with Gasteiger partial charge in [-0.25, -0.2) is 4.39 Å². The van der Waals surface area contributed by atoms with E-state index in [0.717, 1.165) is 16.8 Å². The molecule has 1 amide bonds. The van der Waals surface area contributed by atoms with E-state index in [1.54, 1.807) is 22.7 Å². The SMILES string of the molecule is CN1C(=O)[C@@](Cc2cccc(F)c2)(SCc2ccccc2)c2ccccc21. The van der Waals surface area contributed by atoms with Crippen molar-refractivity contribution < 1.29 is 9.18 Å². The summed E-state index contributed by atoms with van der Waals surface area (Å²) in [7, 11) is 1.82. The average molecular weight is 377 g/mol. The molecule has 2 nitrogen and oxygen atoms in total. The number of hydrogen-bond acceptors (Lipinski definition) is 2. The van der Waals surface area contributed by atoms with Crippen molar-refractivity contribution in [2.24, 2.45) is 0 Å². The Morgan fingerprint density at radius 2 is 1.63 bits per heavy atom. The topological polar surface area (TPSA) is 20.3 Å². The maximum absolute atomic E-state index is 13.8. The van der Waals surface area contributed by atoms with Crippen LogP contribution in [0.4, 0.5) is 10.1 Å². The van der Waals surface area contributed by atoms with Crippen LogP contribution in [0.2, 0.25) is 0 Å². The number of hydrogen-bond donors (Lipinski definition) is 0. The summed E-state index contributed by atoms with van der Waals surface area (Å²) in [6, 6.07) is 24.6. The van der Waals surface area contributed by atoms with Crippen molar-refractivity contribution in [2.45, 2.75) is 16.9 Å². The van der Waals surface area contributed by atoms with Gasteiger partial charge in [-0.3, -0.25) is 4.79 Å². The fourth-order valence-corrected chi connectivity index (χ4v) is 5.14. The Labute approximate surface area is 163 Å². The van der Waals surface area contributed by atoms with Crippen molar-refractivity contribution >= 4 is 23.4 Å². The molecule has 3 aromatic rings. The van der Waals surface area contributed by atoms with Gasteiger partial charge in [0.25, 0.3) is 0 Å². The number of rotatable bonds is 5. The van der Waals surface area contributed by atoms with Gasteiger partial charge in [-0.2, -0.15) is 0 Å². The molecule has 0 N–H and O–H groups in total. The van der Waals surface area contributed by atoms with Gasteiger partial charge >= 0.3 is 0 Å². The van der Waals surface area contributed by atoms with Crippen LogP contribution in [0.15, 0.2) is 78.9 Å². The second-order valence-electron chi connectivity index (χ2n) is 6.79. The van der Waals surface area contributed by atoms with Gasteiger partial charge in [0.1, 0.15) is 10.6 Å².